The molecule has 2 rings (SSSR count). The maximum Gasteiger partial charge on any atom is 0.287 e. The number of rotatable bonds is 4. The van der Waals surface area contributed by atoms with Crippen LogP contribution in [0.3, 0.4) is 0 Å². The van der Waals surface area contributed by atoms with Crippen LogP contribution in [-0.2, 0) is 0 Å². The lowest BCUT2D eigenvalue weighted by molar-refractivity contribution is 0.0928. The van der Waals surface area contributed by atoms with Gasteiger partial charge in [0.15, 0.2) is 5.76 Å². The Morgan fingerprint density at radius 3 is 2.94 bits per heavy atom. The van der Waals surface area contributed by atoms with Crippen molar-refractivity contribution in [2.75, 3.05) is 12.4 Å². The molecule has 0 saturated heterocycles. The number of carbonyl (C=O) groups is 1. The molecule has 0 aliphatic heterocycles. The number of furan rings is 1. The molecule has 16 heavy (non-hydrogen) atoms. The molecule has 1 N–H and O–H groups in total. The maximum absolute atomic E-state index is 11.6. The summed E-state index contributed by atoms with van der Waals surface area (Å²) in [5.41, 5.74) is 0.727. The van der Waals surface area contributed by atoms with Crippen LogP contribution in [0.15, 0.2) is 34.7 Å². The van der Waals surface area contributed by atoms with E-state index in [1.165, 1.54) is 0 Å². The van der Waals surface area contributed by atoms with Crippen LogP contribution in [0, 0.1) is 0 Å². The van der Waals surface area contributed by atoms with E-state index in [0.29, 0.717) is 18.2 Å². The number of hydrogen-bond donors (Lipinski definition) is 1. The molecular weight excluding hydrogens is 226 g/mol. The fraction of sp³-hybridized carbons (Fsp3) is 0.250. The van der Waals surface area contributed by atoms with Crippen molar-refractivity contribution in [3.63, 3.8) is 0 Å². The number of halogens is 1. The number of para-hydroxylation sites is 1. The van der Waals surface area contributed by atoms with E-state index in [9.17, 15) is 4.79 Å². The zero-order valence-corrected chi connectivity index (χ0v) is 9.46. The van der Waals surface area contributed by atoms with Gasteiger partial charge in [0.05, 0.1) is 0 Å². The summed E-state index contributed by atoms with van der Waals surface area (Å²) in [6.45, 7) is 0.569. The first kappa shape index (κ1) is 11.0. The fourth-order valence-corrected chi connectivity index (χ4v) is 1.58. The largest absolute Gasteiger partial charge is 0.451 e. The Kier molecular flexibility index (Phi) is 3.47. The summed E-state index contributed by atoms with van der Waals surface area (Å²) >= 11 is 5.52. The third-order valence-corrected chi connectivity index (χ3v) is 2.51. The average molecular weight is 238 g/mol. The molecule has 0 atom stereocenters. The Balaban J connectivity index is 2.11. The number of carbonyl (C=O) groups excluding carboxylic acids is 1. The normalized spacial score (nSPS) is 10.6. The van der Waals surface area contributed by atoms with Gasteiger partial charge in [-0.25, -0.2) is 0 Å². The zero-order valence-electron chi connectivity index (χ0n) is 8.70. The lowest BCUT2D eigenvalue weighted by Crippen LogP contribution is -2.24. The van der Waals surface area contributed by atoms with Crippen LogP contribution in [-0.4, -0.2) is 18.3 Å². The maximum atomic E-state index is 11.6. The minimum absolute atomic E-state index is 0.193. The van der Waals surface area contributed by atoms with Crippen molar-refractivity contribution >= 4 is 28.5 Å². The van der Waals surface area contributed by atoms with Crippen molar-refractivity contribution in [1.82, 2.24) is 5.32 Å². The van der Waals surface area contributed by atoms with Gasteiger partial charge in [0.2, 0.25) is 0 Å². The summed E-state index contributed by atoms with van der Waals surface area (Å²) in [4.78, 5) is 11.6. The van der Waals surface area contributed by atoms with Gasteiger partial charge in [0.25, 0.3) is 5.91 Å². The Morgan fingerprint density at radius 1 is 1.38 bits per heavy atom. The standard InChI is InChI=1S/C12H12ClNO2/c13-6-3-7-14-12(15)11-8-9-4-1-2-5-10(9)16-11/h1-2,4-5,8H,3,6-7H2,(H,14,15). The summed E-state index contributed by atoms with van der Waals surface area (Å²) in [6, 6.07) is 9.28. The predicted molar refractivity (Wildman–Crippen MR) is 63.9 cm³/mol. The molecule has 0 fully saturated rings. The van der Waals surface area contributed by atoms with Crippen LogP contribution in [0.2, 0.25) is 0 Å². The SMILES string of the molecule is O=C(NCCCCl)c1cc2ccccc2o1. The van der Waals surface area contributed by atoms with Gasteiger partial charge < -0.3 is 9.73 Å². The topological polar surface area (TPSA) is 42.2 Å². The molecule has 0 radical (unpaired) electrons. The van der Waals surface area contributed by atoms with Gasteiger partial charge in [0.1, 0.15) is 5.58 Å². The summed E-state index contributed by atoms with van der Waals surface area (Å²) < 4.78 is 5.42. The molecule has 0 bridgehead atoms. The first-order valence-corrected chi connectivity index (χ1v) is 5.67. The monoisotopic (exact) mass is 237 g/mol. The second-order valence-electron chi connectivity index (χ2n) is 3.45. The molecule has 4 heteroatoms. The highest BCUT2D eigenvalue weighted by Crippen LogP contribution is 2.18. The molecule has 1 amide bonds. The second kappa shape index (κ2) is 5.03. The Bertz CT molecular complexity index is 459. The summed E-state index contributed by atoms with van der Waals surface area (Å²) in [5, 5.41) is 3.68. The van der Waals surface area contributed by atoms with Crippen LogP contribution in [0.4, 0.5) is 0 Å². The van der Waals surface area contributed by atoms with Crippen LogP contribution in [0.5, 0.6) is 0 Å². The zero-order chi connectivity index (χ0) is 11.4. The van der Waals surface area contributed by atoms with Crippen LogP contribution < -0.4 is 5.32 Å². The molecule has 0 aliphatic rings. The molecule has 3 nitrogen and oxygen atoms in total. The fourth-order valence-electron chi connectivity index (χ4n) is 1.45. The van der Waals surface area contributed by atoms with Crippen molar-refractivity contribution in [3.05, 3.63) is 36.1 Å². The van der Waals surface area contributed by atoms with E-state index in [4.69, 9.17) is 16.0 Å². The number of nitrogens with one attached hydrogen (secondary N) is 1. The molecule has 84 valence electrons. The minimum atomic E-state index is -0.193. The first-order chi connectivity index (χ1) is 7.81. The van der Waals surface area contributed by atoms with E-state index < -0.39 is 0 Å². The van der Waals surface area contributed by atoms with E-state index in [1.807, 2.05) is 24.3 Å². The van der Waals surface area contributed by atoms with E-state index in [2.05, 4.69) is 5.32 Å². The Hall–Kier alpha value is -1.48. The molecule has 0 unspecified atom stereocenters. The van der Waals surface area contributed by atoms with E-state index >= 15 is 0 Å². The molecule has 0 saturated carbocycles. The third-order valence-electron chi connectivity index (χ3n) is 2.25. The van der Waals surface area contributed by atoms with E-state index in [1.54, 1.807) is 6.07 Å². The molecule has 0 aliphatic carbocycles. The van der Waals surface area contributed by atoms with Crippen molar-refractivity contribution < 1.29 is 9.21 Å². The number of benzene rings is 1. The van der Waals surface area contributed by atoms with Crippen LogP contribution >= 0.6 is 11.6 Å². The van der Waals surface area contributed by atoms with Gasteiger partial charge in [0, 0.05) is 17.8 Å². The highest BCUT2D eigenvalue weighted by Gasteiger charge is 2.10. The molecule has 1 aromatic heterocycles. The first-order valence-electron chi connectivity index (χ1n) is 5.14. The second-order valence-corrected chi connectivity index (χ2v) is 3.82. The van der Waals surface area contributed by atoms with Crippen molar-refractivity contribution in [2.24, 2.45) is 0 Å². The van der Waals surface area contributed by atoms with Gasteiger partial charge in [-0.3, -0.25) is 4.79 Å². The van der Waals surface area contributed by atoms with E-state index in [-0.39, 0.29) is 5.91 Å². The van der Waals surface area contributed by atoms with Gasteiger partial charge >= 0.3 is 0 Å². The average Bonchev–Trinajstić information content (AvgIpc) is 2.73. The Morgan fingerprint density at radius 2 is 2.19 bits per heavy atom. The highest BCUT2D eigenvalue weighted by atomic mass is 35.5. The van der Waals surface area contributed by atoms with Gasteiger partial charge in [-0.15, -0.1) is 11.6 Å². The Labute approximate surface area is 98.4 Å². The van der Waals surface area contributed by atoms with Crippen LogP contribution in [0.25, 0.3) is 11.0 Å². The summed E-state index contributed by atoms with van der Waals surface area (Å²) in [5.74, 6) is 0.692. The van der Waals surface area contributed by atoms with Crippen molar-refractivity contribution in [3.8, 4) is 0 Å². The smallest absolute Gasteiger partial charge is 0.287 e. The molecule has 1 heterocycles. The summed E-state index contributed by atoms with van der Waals surface area (Å²) in [6.07, 6.45) is 0.757. The van der Waals surface area contributed by atoms with Gasteiger partial charge in [-0.1, -0.05) is 18.2 Å². The van der Waals surface area contributed by atoms with Crippen molar-refractivity contribution in [2.45, 2.75) is 6.42 Å². The predicted octanol–water partition coefficient (Wildman–Crippen LogP) is 2.79. The van der Waals surface area contributed by atoms with Crippen molar-refractivity contribution in [1.29, 1.82) is 0 Å². The summed E-state index contributed by atoms with van der Waals surface area (Å²) in [7, 11) is 0. The van der Waals surface area contributed by atoms with Crippen LogP contribution in [0.1, 0.15) is 17.0 Å². The molecular formula is C12H12ClNO2. The third kappa shape index (κ3) is 2.36. The number of fused-ring (bicyclic) bond motifs is 1. The molecule has 0 spiro atoms. The minimum Gasteiger partial charge on any atom is -0.451 e. The molecule has 1 aromatic carbocycles. The number of alkyl halides is 1. The lowest BCUT2D eigenvalue weighted by Gasteiger charge is -1.99. The quantitative estimate of drug-likeness (QED) is 0.656. The number of amides is 1. The highest BCUT2D eigenvalue weighted by molar-refractivity contribution is 6.17. The molecule has 2 aromatic rings. The van der Waals surface area contributed by atoms with Gasteiger partial charge in [-0.2, -0.15) is 0 Å². The lowest BCUT2D eigenvalue weighted by atomic mass is 10.2. The number of hydrogen-bond acceptors (Lipinski definition) is 2. The van der Waals surface area contributed by atoms with Gasteiger partial charge in [-0.05, 0) is 18.6 Å². The van der Waals surface area contributed by atoms with E-state index in [0.717, 1.165) is 17.4 Å².